The number of thioether (sulfide) groups is 1. The highest BCUT2D eigenvalue weighted by molar-refractivity contribution is 7.98. The minimum Gasteiger partial charge on any atom is -0.324 e. The molecule has 1 fully saturated rings. The Kier molecular flexibility index (Phi) is 3.90. The summed E-state index contributed by atoms with van der Waals surface area (Å²) >= 11 is 1.53. The molecule has 2 N–H and O–H groups in total. The van der Waals surface area contributed by atoms with Crippen molar-refractivity contribution in [1.29, 1.82) is 5.26 Å². The van der Waals surface area contributed by atoms with Crippen molar-refractivity contribution >= 4 is 11.8 Å². The molecule has 1 aliphatic rings. The van der Waals surface area contributed by atoms with Crippen molar-refractivity contribution < 1.29 is 4.39 Å². The van der Waals surface area contributed by atoms with Crippen molar-refractivity contribution in [2.24, 2.45) is 5.73 Å². The van der Waals surface area contributed by atoms with E-state index in [2.05, 4.69) is 14.8 Å². The second kappa shape index (κ2) is 5.84. The van der Waals surface area contributed by atoms with Gasteiger partial charge in [0.2, 0.25) is 0 Å². The Morgan fingerprint density at radius 1 is 1.43 bits per heavy atom. The summed E-state index contributed by atoms with van der Waals surface area (Å²) in [6, 6.07) is 6.90. The Morgan fingerprint density at radius 2 is 2.24 bits per heavy atom. The summed E-state index contributed by atoms with van der Waals surface area (Å²) in [7, 11) is 0. The fourth-order valence-electron chi connectivity index (χ4n) is 2.14. The number of aromatic nitrogens is 3. The summed E-state index contributed by atoms with van der Waals surface area (Å²) in [5.41, 5.74) is 6.64. The molecule has 108 valence electrons. The van der Waals surface area contributed by atoms with Crippen LogP contribution in [0.25, 0.3) is 0 Å². The average Bonchev–Trinajstić information content (AvgIpc) is 3.26. The first kappa shape index (κ1) is 14.0. The van der Waals surface area contributed by atoms with Gasteiger partial charge in [-0.05, 0) is 30.5 Å². The predicted molar refractivity (Wildman–Crippen MR) is 76.9 cm³/mol. The summed E-state index contributed by atoms with van der Waals surface area (Å²) in [6.45, 7) is 0.374. The van der Waals surface area contributed by atoms with Crippen LogP contribution in [0.15, 0.2) is 23.4 Å². The van der Waals surface area contributed by atoms with Gasteiger partial charge in [0.25, 0.3) is 0 Å². The molecule has 21 heavy (non-hydrogen) atoms. The topological polar surface area (TPSA) is 80.5 Å². The molecule has 1 aromatic carbocycles. The third-order valence-corrected chi connectivity index (χ3v) is 4.36. The van der Waals surface area contributed by atoms with Crippen LogP contribution in [0.5, 0.6) is 0 Å². The molecule has 0 saturated heterocycles. The normalized spacial score (nSPS) is 14.1. The van der Waals surface area contributed by atoms with E-state index in [9.17, 15) is 4.39 Å². The molecule has 0 radical (unpaired) electrons. The van der Waals surface area contributed by atoms with Gasteiger partial charge in [-0.1, -0.05) is 17.8 Å². The number of halogens is 1. The second-order valence-electron chi connectivity index (χ2n) is 4.92. The zero-order valence-electron chi connectivity index (χ0n) is 11.3. The Hall–Kier alpha value is -1.91. The van der Waals surface area contributed by atoms with E-state index in [1.807, 2.05) is 6.07 Å². The molecule has 0 unspecified atom stereocenters. The molecule has 1 aromatic heterocycles. The van der Waals surface area contributed by atoms with Crippen LogP contribution in [0.3, 0.4) is 0 Å². The van der Waals surface area contributed by atoms with Gasteiger partial charge in [-0.15, -0.1) is 10.2 Å². The molecular formula is C14H14FN5S. The Morgan fingerprint density at radius 3 is 2.90 bits per heavy atom. The summed E-state index contributed by atoms with van der Waals surface area (Å²) in [5, 5.41) is 18.0. The van der Waals surface area contributed by atoms with E-state index in [4.69, 9.17) is 11.0 Å². The number of nitrogens with two attached hydrogens (primary N) is 1. The standard InChI is InChI=1S/C14H14FN5S/c15-12-4-1-9(5-10(12)6-16)8-21-14-19-18-13(7-17)20(14)11-2-3-11/h1,4-5,11H,2-3,7-8,17H2. The maximum Gasteiger partial charge on any atom is 0.191 e. The van der Waals surface area contributed by atoms with Crippen LogP contribution < -0.4 is 5.73 Å². The lowest BCUT2D eigenvalue weighted by molar-refractivity contribution is 0.623. The molecule has 0 bridgehead atoms. The van der Waals surface area contributed by atoms with Gasteiger partial charge < -0.3 is 10.3 Å². The highest BCUT2D eigenvalue weighted by atomic mass is 32.2. The van der Waals surface area contributed by atoms with E-state index in [1.54, 1.807) is 12.1 Å². The largest absolute Gasteiger partial charge is 0.324 e. The molecule has 5 nitrogen and oxygen atoms in total. The van der Waals surface area contributed by atoms with E-state index >= 15 is 0 Å². The Balaban J connectivity index is 1.76. The molecular weight excluding hydrogens is 289 g/mol. The van der Waals surface area contributed by atoms with Gasteiger partial charge >= 0.3 is 0 Å². The predicted octanol–water partition coefficient (Wildman–Crippen LogP) is 2.37. The second-order valence-corrected chi connectivity index (χ2v) is 5.86. The smallest absolute Gasteiger partial charge is 0.191 e. The summed E-state index contributed by atoms with van der Waals surface area (Å²) < 4.78 is 15.4. The van der Waals surface area contributed by atoms with Crippen LogP contribution >= 0.6 is 11.8 Å². The number of benzene rings is 1. The highest BCUT2D eigenvalue weighted by Crippen LogP contribution is 2.39. The van der Waals surface area contributed by atoms with Gasteiger partial charge in [-0.2, -0.15) is 5.26 Å². The molecule has 0 atom stereocenters. The lowest BCUT2D eigenvalue weighted by Crippen LogP contribution is -2.08. The van der Waals surface area contributed by atoms with E-state index in [1.165, 1.54) is 17.8 Å². The fraction of sp³-hybridized carbons (Fsp3) is 0.357. The summed E-state index contributed by atoms with van der Waals surface area (Å²) in [5.74, 6) is 0.930. The fourth-order valence-corrected chi connectivity index (χ4v) is 3.11. The van der Waals surface area contributed by atoms with Crippen LogP contribution in [0.2, 0.25) is 0 Å². The van der Waals surface area contributed by atoms with Gasteiger partial charge in [0, 0.05) is 11.8 Å². The third-order valence-electron chi connectivity index (χ3n) is 3.35. The number of hydrogen-bond acceptors (Lipinski definition) is 5. The molecule has 1 saturated carbocycles. The van der Waals surface area contributed by atoms with E-state index in [-0.39, 0.29) is 5.56 Å². The summed E-state index contributed by atoms with van der Waals surface area (Å²) in [4.78, 5) is 0. The zero-order chi connectivity index (χ0) is 14.8. The first-order valence-corrected chi connectivity index (χ1v) is 7.66. The maximum absolute atomic E-state index is 13.3. The zero-order valence-corrected chi connectivity index (χ0v) is 12.1. The van der Waals surface area contributed by atoms with Crippen LogP contribution in [0, 0.1) is 17.1 Å². The van der Waals surface area contributed by atoms with E-state index in [0.29, 0.717) is 18.3 Å². The van der Waals surface area contributed by atoms with E-state index in [0.717, 1.165) is 29.4 Å². The Labute approximate surface area is 126 Å². The number of rotatable bonds is 5. The SMILES string of the molecule is N#Cc1cc(CSc2nnc(CN)n2C2CC2)ccc1F. The van der Waals surface area contributed by atoms with E-state index < -0.39 is 5.82 Å². The molecule has 0 aliphatic heterocycles. The van der Waals surface area contributed by atoms with Gasteiger partial charge in [0.15, 0.2) is 5.16 Å². The lowest BCUT2D eigenvalue weighted by atomic mass is 10.1. The molecule has 3 rings (SSSR count). The van der Waals surface area contributed by atoms with Crippen molar-refractivity contribution in [1.82, 2.24) is 14.8 Å². The molecule has 0 spiro atoms. The Bertz CT molecular complexity index is 702. The average molecular weight is 303 g/mol. The number of hydrogen-bond donors (Lipinski definition) is 1. The van der Waals surface area contributed by atoms with Crippen molar-refractivity contribution in [2.75, 3.05) is 0 Å². The molecule has 1 aliphatic carbocycles. The number of nitrogens with zero attached hydrogens (tertiary/aromatic N) is 4. The van der Waals surface area contributed by atoms with Crippen molar-refractivity contribution in [3.63, 3.8) is 0 Å². The minimum absolute atomic E-state index is 0.0689. The first-order chi connectivity index (χ1) is 10.2. The van der Waals surface area contributed by atoms with Crippen molar-refractivity contribution in [3.05, 3.63) is 41.0 Å². The maximum atomic E-state index is 13.3. The number of nitriles is 1. The van der Waals surface area contributed by atoms with Crippen molar-refractivity contribution in [2.45, 2.75) is 36.3 Å². The van der Waals surface area contributed by atoms with Gasteiger partial charge in [0.05, 0.1) is 12.1 Å². The highest BCUT2D eigenvalue weighted by Gasteiger charge is 2.29. The lowest BCUT2D eigenvalue weighted by Gasteiger charge is -2.07. The van der Waals surface area contributed by atoms with Crippen LogP contribution in [0.1, 0.15) is 35.8 Å². The van der Waals surface area contributed by atoms with Gasteiger partial charge in [-0.3, -0.25) is 0 Å². The van der Waals surface area contributed by atoms with Crippen molar-refractivity contribution in [3.8, 4) is 6.07 Å². The quantitative estimate of drug-likeness (QED) is 0.858. The minimum atomic E-state index is -0.488. The third kappa shape index (κ3) is 2.91. The molecule has 2 aromatic rings. The van der Waals surface area contributed by atoms with Crippen LogP contribution in [0.4, 0.5) is 4.39 Å². The molecule has 7 heteroatoms. The summed E-state index contributed by atoms with van der Waals surface area (Å²) in [6.07, 6.45) is 2.27. The van der Waals surface area contributed by atoms with Crippen LogP contribution in [-0.4, -0.2) is 14.8 Å². The van der Waals surface area contributed by atoms with Gasteiger partial charge in [0.1, 0.15) is 17.7 Å². The first-order valence-electron chi connectivity index (χ1n) is 6.68. The van der Waals surface area contributed by atoms with Crippen LogP contribution in [-0.2, 0) is 12.3 Å². The monoisotopic (exact) mass is 303 g/mol. The molecule has 0 amide bonds. The van der Waals surface area contributed by atoms with Gasteiger partial charge in [-0.25, -0.2) is 4.39 Å². The molecule has 1 heterocycles.